The Bertz CT molecular complexity index is 673. The quantitative estimate of drug-likeness (QED) is 0.842. The highest BCUT2D eigenvalue weighted by Crippen LogP contribution is 2.39. The monoisotopic (exact) mass is 337 g/mol. The molecule has 0 unspecified atom stereocenters. The van der Waals surface area contributed by atoms with Gasteiger partial charge in [0, 0.05) is 6.54 Å². The van der Waals surface area contributed by atoms with Gasteiger partial charge in [0.05, 0.1) is 12.5 Å². The van der Waals surface area contributed by atoms with Crippen LogP contribution in [0.15, 0.2) is 54.6 Å². The predicted molar refractivity (Wildman–Crippen MR) is 101 cm³/mol. The van der Waals surface area contributed by atoms with Gasteiger partial charge in [-0.1, -0.05) is 61.7 Å². The van der Waals surface area contributed by atoms with E-state index in [4.69, 9.17) is 4.74 Å². The maximum absolute atomic E-state index is 13.1. The molecule has 2 aromatic rings. The largest absolute Gasteiger partial charge is 0.497 e. The summed E-state index contributed by atoms with van der Waals surface area (Å²) in [6, 6.07) is 18.3. The number of carbonyl (C=O) groups is 1. The number of methoxy groups -OCH3 is 1. The molecular formula is C22H27NO2. The molecule has 0 heterocycles. The molecule has 3 rings (SSSR count). The number of hydrogen-bond donors (Lipinski definition) is 1. The van der Waals surface area contributed by atoms with E-state index in [2.05, 4.69) is 29.6 Å². The van der Waals surface area contributed by atoms with E-state index < -0.39 is 0 Å². The molecule has 0 bridgehead atoms. The Morgan fingerprint density at radius 3 is 2.28 bits per heavy atom. The van der Waals surface area contributed by atoms with Crippen LogP contribution < -0.4 is 10.1 Å². The van der Waals surface area contributed by atoms with Gasteiger partial charge in [-0.25, -0.2) is 0 Å². The van der Waals surface area contributed by atoms with E-state index in [0.717, 1.165) is 43.4 Å². The van der Waals surface area contributed by atoms with E-state index in [1.165, 1.54) is 12.0 Å². The maximum Gasteiger partial charge on any atom is 0.226 e. The Morgan fingerprint density at radius 1 is 0.960 bits per heavy atom. The van der Waals surface area contributed by atoms with E-state index >= 15 is 0 Å². The molecule has 1 N–H and O–H groups in total. The molecule has 1 fully saturated rings. The number of rotatable bonds is 6. The summed E-state index contributed by atoms with van der Waals surface area (Å²) in [5, 5.41) is 3.19. The van der Waals surface area contributed by atoms with Gasteiger partial charge in [-0.05, 0) is 42.5 Å². The molecule has 1 amide bonds. The summed E-state index contributed by atoms with van der Waals surface area (Å²) < 4.78 is 5.19. The average molecular weight is 337 g/mol. The van der Waals surface area contributed by atoms with Crippen LogP contribution in [0.3, 0.4) is 0 Å². The molecule has 0 saturated heterocycles. The van der Waals surface area contributed by atoms with E-state index in [9.17, 15) is 4.79 Å². The van der Waals surface area contributed by atoms with Gasteiger partial charge in [-0.3, -0.25) is 4.79 Å². The van der Waals surface area contributed by atoms with Crippen molar-refractivity contribution < 1.29 is 9.53 Å². The molecule has 25 heavy (non-hydrogen) atoms. The molecule has 0 spiro atoms. The lowest BCUT2D eigenvalue weighted by Crippen LogP contribution is -2.43. The fraction of sp³-hybridized carbons (Fsp3) is 0.409. The summed E-state index contributed by atoms with van der Waals surface area (Å²) in [4.78, 5) is 13.1. The molecule has 0 atom stereocenters. The van der Waals surface area contributed by atoms with Crippen molar-refractivity contribution in [3.05, 3.63) is 65.7 Å². The minimum Gasteiger partial charge on any atom is -0.497 e. The van der Waals surface area contributed by atoms with Crippen LogP contribution in [0.1, 0.15) is 43.2 Å². The summed E-state index contributed by atoms with van der Waals surface area (Å²) in [6.45, 7) is 0.569. The second-order valence-electron chi connectivity index (χ2n) is 7.03. The van der Waals surface area contributed by atoms with Crippen LogP contribution in [0.5, 0.6) is 5.75 Å². The number of benzene rings is 2. The van der Waals surface area contributed by atoms with Gasteiger partial charge in [0.1, 0.15) is 5.75 Å². The number of amides is 1. The van der Waals surface area contributed by atoms with Gasteiger partial charge < -0.3 is 10.1 Å². The highest BCUT2D eigenvalue weighted by atomic mass is 16.5. The zero-order valence-electron chi connectivity index (χ0n) is 15.0. The summed E-state index contributed by atoms with van der Waals surface area (Å²) >= 11 is 0. The first-order chi connectivity index (χ1) is 12.2. The second kappa shape index (κ2) is 8.19. The van der Waals surface area contributed by atoms with Crippen LogP contribution in [0.25, 0.3) is 0 Å². The second-order valence-corrected chi connectivity index (χ2v) is 7.03. The molecule has 0 aliphatic heterocycles. The van der Waals surface area contributed by atoms with Crippen LogP contribution in [-0.4, -0.2) is 13.0 Å². The van der Waals surface area contributed by atoms with Crippen LogP contribution in [0.4, 0.5) is 0 Å². The number of hydrogen-bond acceptors (Lipinski definition) is 2. The van der Waals surface area contributed by atoms with E-state index in [0.29, 0.717) is 6.54 Å². The fourth-order valence-electron chi connectivity index (χ4n) is 3.81. The average Bonchev–Trinajstić information content (AvgIpc) is 2.68. The van der Waals surface area contributed by atoms with Gasteiger partial charge in [-0.2, -0.15) is 0 Å². The van der Waals surface area contributed by atoms with Gasteiger partial charge in [-0.15, -0.1) is 0 Å². The zero-order chi connectivity index (χ0) is 17.5. The van der Waals surface area contributed by atoms with Crippen molar-refractivity contribution in [3.63, 3.8) is 0 Å². The molecule has 1 aliphatic carbocycles. The predicted octanol–water partition coefficient (Wildman–Crippen LogP) is 4.50. The lowest BCUT2D eigenvalue weighted by atomic mass is 9.69. The Balaban J connectivity index is 1.68. The standard InChI is InChI=1S/C22H27NO2/c1-25-20-12-10-19(11-13-20)17-23-21(24)22(14-6-3-7-15-22)16-18-8-4-2-5-9-18/h2,4-5,8-13H,3,6-7,14-17H2,1H3,(H,23,24). The molecule has 1 aliphatic rings. The highest BCUT2D eigenvalue weighted by molar-refractivity contribution is 5.83. The first-order valence-electron chi connectivity index (χ1n) is 9.17. The Kier molecular flexibility index (Phi) is 5.75. The third-order valence-corrected chi connectivity index (χ3v) is 5.29. The Morgan fingerprint density at radius 2 is 1.64 bits per heavy atom. The zero-order valence-corrected chi connectivity index (χ0v) is 15.0. The first kappa shape index (κ1) is 17.5. The smallest absolute Gasteiger partial charge is 0.226 e. The molecule has 0 aromatic heterocycles. The SMILES string of the molecule is COc1ccc(CNC(=O)C2(Cc3ccccc3)CCCCC2)cc1. The minimum atomic E-state index is -0.258. The molecule has 2 aromatic carbocycles. The lowest BCUT2D eigenvalue weighted by molar-refractivity contribution is -0.133. The van der Waals surface area contributed by atoms with E-state index in [1.54, 1.807) is 7.11 Å². The summed E-state index contributed by atoms with van der Waals surface area (Å²) in [5.74, 6) is 1.04. The Hall–Kier alpha value is -2.29. The van der Waals surface area contributed by atoms with E-state index in [-0.39, 0.29) is 11.3 Å². The summed E-state index contributed by atoms with van der Waals surface area (Å²) in [5.41, 5.74) is 2.09. The molecule has 0 radical (unpaired) electrons. The normalized spacial score (nSPS) is 16.2. The van der Waals surface area contributed by atoms with Gasteiger partial charge in [0.15, 0.2) is 0 Å². The Labute approximate surface area is 150 Å². The minimum absolute atomic E-state index is 0.201. The van der Waals surface area contributed by atoms with Gasteiger partial charge in [0.2, 0.25) is 5.91 Å². The molecule has 1 saturated carbocycles. The first-order valence-corrected chi connectivity index (χ1v) is 9.17. The van der Waals surface area contributed by atoms with Crippen molar-refractivity contribution in [2.45, 2.75) is 45.1 Å². The fourth-order valence-corrected chi connectivity index (χ4v) is 3.81. The number of ether oxygens (including phenoxy) is 1. The van der Waals surface area contributed by atoms with Crippen molar-refractivity contribution in [2.24, 2.45) is 5.41 Å². The topological polar surface area (TPSA) is 38.3 Å². The van der Waals surface area contributed by atoms with Crippen LogP contribution >= 0.6 is 0 Å². The van der Waals surface area contributed by atoms with Crippen molar-refractivity contribution in [1.29, 1.82) is 0 Å². The molecular weight excluding hydrogens is 310 g/mol. The van der Waals surface area contributed by atoms with Crippen molar-refractivity contribution in [2.75, 3.05) is 7.11 Å². The maximum atomic E-state index is 13.1. The van der Waals surface area contributed by atoms with Gasteiger partial charge in [0.25, 0.3) is 0 Å². The molecule has 3 nitrogen and oxygen atoms in total. The molecule has 3 heteroatoms. The van der Waals surface area contributed by atoms with E-state index in [1.807, 2.05) is 30.3 Å². The number of carbonyl (C=O) groups excluding carboxylic acids is 1. The van der Waals surface area contributed by atoms with Crippen LogP contribution in [0, 0.1) is 5.41 Å². The van der Waals surface area contributed by atoms with Crippen LogP contribution in [-0.2, 0) is 17.8 Å². The van der Waals surface area contributed by atoms with Gasteiger partial charge >= 0.3 is 0 Å². The van der Waals surface area contributed by atoms with Crippen molar-refractivity contribution in [1.82, 2.24) is 5.32 Å². The summed E-state index contributed by atoms with van der Waals surface area (Å²) in [7, 11) is 1.66. The third kappa shape index (κ3) is 4.41. The highest BCUT2D eigenvalue weighted by Gasteiger charge is 2.39. The van der Waals surface area contributed by atoms with Crippen molar-refractivity contribution in [3.8, 4) is 5.75 Å². The summed E-state index contributed by atoms with van der Waals surface area (Å²) in [6.07, 6.45) is 6.32. The van der Waals surface area contributed by atoms with Crippen molar-refractivity contribution >= 4 is 5.91 Å². The molecule has 132 valence electrons. The van der Waals surface area contributed by atoms with Crippen LogP contribution in [0.2, 0.25) is 0 Å². The third-order valence-electron chi connectivity index (χ3n) is 5.29. The number of nitrogens with one attached hydrogen (secondary N) is 1. The lowest BCUT2D eigenvalue weighted by Gasteiger charge is -2.36.